The third-order valence-corrected chi connectivity index (χ3v) is 3.33. The Bertz CT molecular complexity index is 365. The van der Waals surface area contributed by atoms with Crippen LogP contribution in [0.25, 0.3) is 0 Å². The molecule has 1 rings (SSSR count). The quantitative estimate of drug-likeness (QED) is 0.754. The molecule has 1 atom stereocenters. The molecule has 18 heavy (non-hydrogen) atoms. The molecule has 0 aromatic heterocycles. The molecule has 0 bridgehead atoms. The predicted octanol–water partition coefficient (Wildman–Crippen LogP) is 1.99. The van der Waals surface area contributed by atoms with E-state index < -0.39 is 11.5 Å². The molecule has 1 aliphatic heterocycles. The highest BCUT2D eigenvalue weighted by Gasteiger charge is 2.35. The first-order valence-electron chi connectivity index (χ1n) is 6.35. The summed E-state index contributed by atoms with van der Waals surface area (Å²) >= 11 is 0. The van der Waals surface area contributed by atoms with Crippen molar-refractivity contribution in [2.75, 3.05) is 13.1 Å². The Labute approximate surface area is 108 Å². The minimum Gasteiger partial charge on any atom is -0.480 e. The molecule has 0 aromatic carbocycles. The summed E-state index contributed by atoms with van der Waals surface area (Å²) in [6, 6.07) is -0.294. The van der Waals surface area contributed by atoms with Crippen LogP contribution < -0.4 is 5.32 Å². The van der Waals surface area contributed by atoms with E-state index in [2.05, 4.69) is 5.32 Å². The van der Waals surface area contributed by atoms with E-state index in [4.69, 9.17) is 0 Å². The molecule has 0 aliphatic carbocycles. The van der Waals surface area contributed by atoms with Crippen molar-refractivity contribution < 1.29 is 14.7 Å². The minimum atomic E-state index is -1.18. The third kappa shape index (κ3) is 3.48. The predicted molar refractivity (Wildman–Crippen MR) is 69.4 cm³/mol. The number of rotatable bonds is 4. The first-order valence-corrected chi connectivity index (χ1v) is 6.35. The van der Waals surface area contributed by atoms with E-state index in [1.165, 1.54) is 5.57 Å². The largest absolute Gasteiger partial charge is 0.480 e. The van der Waals surface area contributed by atoms with Crippen molar-refractivity contribution in [2.45, 2.75) is 45.6 Å². The zero-order valence-electron chi connectivity index (χ0n) is 11.3. The zero-order valence-corrected chi connectivity index (χ0v) is 11.3. The summed E-state index contributed by atoms with van der Waals surface area (Å²) in [5.74, 6) is -0.985. The molecule has 1 aliphatic rings. The highest BCUT2D eigenvalue weighted by molar-refractivity contribution is 5.86. The van der Waals surface area contributed by atoms with Crippen LogP contribution in [0.15, 0.2) is 11.6 Å². The second-order valence-electron chi connectivity index (χ2n) is 5.06. The Morgan fingerprint density at radius 3 is 2.67 bits per heavy atom. The van der Waals surface area contributed by atoms with Gasteiger partial charge in [0.1, 0.15) is 5.54 Å². The standard InChI is InChI=1S/C13H22N2O3/c1-4-7-13(3,11(16)17)14-12(18)15-8-5-10(2)6-9-15/h5H,4,6-9H2,1-3H3,(H,14,18)(H,16,17). The molecule has 0 fully saturated rings. The molecule has 0 aromatic rings. The molecule has 0 radical (unpaired) electrons. The minimum absolute atomic E-state index is 0.294. The number of carboxylic acid groups (broad SMARTS) is 1. The Hall–Kier alpha value is -1.52. The molecular weight excluding hydrogens is 232 g/mol. The number of amides is 2. The molecular formula is C13H22N2O3. The Balaban J connectivity index is 2.65. The van der Waals surface area contributed by atoms with Gasteiger partial charge in [-0.25, -0.2) is 9.59 Å². The first-order chi connectivity index (χ1) is 8.39. The summed E-state index contributed by atoms with van der Waals surface area (Å²) in [4.78, 5) is 24.9. The summed E-state index contributed by atoms with van der Waals surface area (Å²) in [6.07, 6.45) is 3.99. The number of urea groups is 1. The number of carbonyl (C=O) groups excluding carboxylic acids is 1. The lowest BCUT2D eigenvalue weighted by Gasteiger charge is -2.31. The maximum absolute atomic E-state index is 12.0. The summed E-state index contributed by atoms with van der Waals surface area (Å²) < 4.78 is 0. The van der Waals surface area contributed by atoms with E-state index in [1.807, 2.05) is 19.9 Å². The SMILES string of the molecule is CCCC(C)(NC(=O)N1CC=C(C)CC1)C(=O)O. The van der Waals surface area contributed by atoms with Crippen LogP contribution >= 0.6 is 0 Å². The molecule has 0 spiro atoms. The van der Waals surface area contributed by atoms with E-state index in [0.29, 0.717) is 25.9 Å². The smallest absolute Gasteiger partial charge is 0.329 e. The van der Waals surface area contributed by atoms with Gasteiger partial charge in [0.05, 0.1) is 0 Å². The average molecular weight is 254 g/mol. The van der Waals surface area contributed by atoms with Crippen LogP contribution in [0, 0.1) is 0 Å². The number of nitrogens with zero attached hydrogens (tertiary/aromatic N) is 1. The first kappa shape index (κ1) is 14.5. The third-order valence-electron chi connectivity index (χ3n) is 3.33. The second kappa shape index (κ2) is 5.89. The monoisotopic (exact) mass is 254 g/mol. The van der Waals surface area contributed by atoms with Crippen LogP contribution in [0.1, 0.15) is 40.0 Å². The molecule has 0 saturated heterocycles. The van der Waals surface area contributed by atoms with Gasteiger partial charge in [-0.2, -0.15) is 0 Å². The fourth-order valence-electron chi connectivity index (χ4n) is 1.99. The number of nitrogens with one attached hydrogen (secondary N) is 1. The van der Waals surface area contributed by atoms with Crippen LogP contribution in [-0.4, -0.2) is 40.6 Å². The van der Waals surface area contributed by atoms with Crippen LogP contribution in [-0.2, 0) is 4.79 Å². The molecule has 102 valence electrons. The summed E-state index contributed by atoms with van der Waals surface area (Å²) in [6.45, 7) is 6.70. The van der Waals surface area contributed by atoms with Gasteiger partial charge in [0.25, 0.3) is 0 Å². The molecule has 5 heteroatoms. The highest BCUT2D eigenvalue weighted by atomic mass is 16.4. The number of aliphatic carboxylic acids is 1. The van der Waals surface area contributed by atoms with Crippen molar-refractivity contribution in [3.63, 3.8) is 0 Å². The van der Waals surface area contributed by atoms with Gasteiger partial charge >= 0.3 is 12.0 Å². The van der Waals surface area contributed by atoms with Crippen LogP contribution in [0.5, 0.6) is 0 Å². The van der Waals surface area contributed by atoms with Crippen molar-refractivity contribution in [3.8, 4) is 0 Å². The van der Waals surface area contributed by atoms with Crippen LogP contribution in [0.3, 0.4) is 0 Å². The van der Waals surface area contributed by atoms with Gasteiger partial charge < -0.3 is 15.3 Å². The van der Waals surface area contributed by atoms with E-state index in [1.54, 1.807) is 11.8 Å². The number of hydrogen-bond acceptors (Lipinski definition) is 2. The van der Waals surface area contributed by atoms with Crippen LogP contribution in [0.2, 0.25) is 0 Å². The maximum Gasteiger partial charge on any atom is 0.329 e. The fraction of sp³-hybridized carbons (Fsp3) is 0.692. The van der Waals surface area contributed by atoms with Gasteiger partial charge in [-0.05, 0) is 26.7 Å². The number of hydrogen-bond donors (Lipinski definition) is 2. The molecule has 2 N–H and O–H groups in total. The van der Waals surface area contributed by atoms with E-state index in [-0.39, 0.29) is 6.03 Å². The van der Waals surface area contributed by atoms with Gasteiger partial charge in [0.2, 0.25) is 0 Å². The second-order valence-corrected chi connectivity index (χ2v) is 5.06. The summed E-state index contributed by atoms with van der Waals surface area (Å²) in [5.41, 5.74) is 0.0933. The molecule has 1 heterocycles. The normalized spacial score (nSPS) is 18.8. The van der Waals surface area contributed by atoms with Gasteiger partial charge in [0.15, 0.2) is 0 Å². The van der Waals surface area contributed by atoms with E-state index in [0.717, 1.165) is 6.42 Å². The maximum atomic E-state index is 12.0. The molecule has 2 amide bonds. The van der Waals surface area contributed by atoms with Crippen LogP contribution in [0.4, 0.5) is 4.79 Å². The Kier molecular flexibility index (Phi) is 4.76. The van der Waals surface area contributed by atoms with Gasteiger partial charge in [-0.15, -0.1) is 0 Å². The highest BCUT2D eigenvalue weighted by Crippen LogP contribution is 2.15. The number of carbonyl (C=O) groups is 2. The average Bonchev–Trinajstić information content (AvgIpc) is 2.29. The van der Waals surface area contributed by atoms with Gasteiger partial charge in [-0.1, -0.05) is 25.0 Å². The Morgan fingerprint density at radius 1 is 1.56 bits per heavy atom. The van der Waals surface area contributed by atoms with Gasteiger partial charge in [0, 0.05) is 13.1 Å². The lowest BCUT2D eigenvalue weighted by atomic mass is 9.96. The summed E-state index contributed by atoms with van der Waals surface area (Å²) in [5, 5.41) is 11.8. The van der Waals surface area contributed by atoms with Crippen molar-refractivity contribution >= 4 is 12.0 Å². The molecule has 0 saturated carbocycles. The zero-order chi connectivity index (χ0) is 13.8. The Morgan fingerprint density at radius 2 is 2.22 bits per heavy atom. The molecule has 5 nitrogen and oxygen atoms in total. The van der Waals surface area contributed by atoms with Crippen molar-refractivity contribution in [3.05, 3.63) is 11.6 Å². The lowest BCUT2D eigenvalue weighted by molar-refractivity contribution is -0.144. The lowest BCUT2D eigenvalue weighted by Crippen LogP contribution is -2.56. The topological polar surface area (TPSA) is 69.6 Å². The van der Waals surface area contributed by atoms with E-state index >= 15 is 0 Å². The number of carboxylic acids is 1. The molecule has 1 unspecified atom stereocenters. The summed E-state index contributed by atoms with van der Waals surface area (Å²) in [7, 11) is 0. The van der Waals surface area contributed by atoms with Crippen molar-refractivity contribution in [1.82, 2.24) is 10.2 Å². The van der Waals surface area contributed by atoms with Crippen molar-refractivity contribution in [1.29, 1.82) is 0 Å². The fourth-order valence-corrected chi connectivity index (χ4v) is 1.99. The van der Waals surface area contributed by atoms with E-state index in [9.17, 15) is 14.7 Å². The van der Waals surface area contributed by atoms with Gasteiger partial charge in [-0.3, -0.25) is 0 Å². The van der Waals surface area contributed by atoms with Crippen molar-refractivity contribution in [2.24, 2.45) is 0 Å².